The number of piperidine rings is 1. The average molecular weight is 317 g/mol. The van der Waals surface area contributed by atoms with Crippen LogP contribution >= 0.6 is 12.4 Å². The van der Waals surface area contributed by atoms with Gasteiger partial charge in [-0.05, 0) is 31.4 Å². The maximum absolute atomic E-state index is 11.9. The van der Waals surface area contributed by atoms with Crippen LogP contribution in [-0.4, -0.2) is 38.1 Å². The average Bonchev–Trinajstić information content (AvgIpc) is 2.79. The summed E-state index contributed by atoms with van der Waals surface area (Å²) in [5, 5.41) is 3.46. The first-order valence-corrected chi connectivity index (χ1v) is 8.49. The van der Waals surface area contributed by atoms with E-state index in [9.17, 15) is 8.42 Å². The first kappa shape index (κ1) is 15.6. The Labute approximate surface area is 127 Å². The van der Waals surface area contributed by atoms with Crippen LogP contribution in [0.2, 0.25) is 0 Å². The van der Waals surface area contributed by atoms with Gasteiger partial charge in [0.1, 0.15) is 0 Å². The van der Waals surface area contributed by atoms with Crippen LogP contribution in [0.3, 0.4) is 0 Å². The highest BCUT2D eigenvalue weighted by Gasteiger charge is 2.42. The van der Waals surface area contributed by atoms with Gasteiger partial charge in [-0.2, -0.15) is 0 Å². The summed E-state index contributed by atoms with van der Waals surface area (Å²) >= 11 is 0. The topological polar surface area (TPSA) is 49.4 Å². The molecule has 2 aliphatic heterocycles. The summed E-state index contributed by atoms with van der Waals surface area (Å²) < 4.78 is 25.5. The molecule has 1 aromatic rings. The molecule has 0 saturated carbocycles. The number of para-hydroxylation sites is 1. The predicted octanol–water partition coefficient (Wildman–Crippen LogP) is 2.22. The number of hydrogen-bond acceptors (Lipinski definition) is 3. The third-order valence-corrected chi connectivity index (χ3v) is 6.43. The largest absolute Gasteiger partial charge is 0.384 e. The second-order valence-electron chi connectivity index (χ2n) is 5.48. The molecule has 0 radical (unpaired) electrons. The lowest BCUT2D eigenvalue weighted by Crippen LogP contribution is -2.46. The Bertz CT molecular complexity index is 581. The van der Waals surface area contributed by atoms with E-state index < -0.39 is 10.0 Å². The zero-order chi connectivity index (χ0) is 13.5. The molecule has 1 N–H and O–H groups in total. The molecule has 6 heteroatoms. The van der Waals surface area contributed by atoms with E-state index in [0.717, 1.165) is 19.4 Å². The molecule has 0 aliphatic carbocycles. The second kappa shape index (κ2) is 5.54. The minimum atomic E-state index is -3.03. The smallest absolute Gasteiger partial charge is 0.213 e. The van der Waals surface area contributed by atoms with Crippen LogP contribution in [0.1, 0.15) is 25.3 Å². The number of rotatable bonds is 2. The first-order chi connectivity index (χ1) is 9.07. The Morgan fingerprint density at radius 3 is 2.55 bits per heavy atom. The number of sulfonamides is 1. The van der Waals surface area contributed by atoms with Crippen molar-refractivity contribution in [1.82, 2.24) is 4.31 Å². The molecule has 1 fully saturated rings. The van der Waals surface area contributed by atoms with Crippen molar-refractivity contribution < 1.29 is 8.42 Å². The quantitative estimate of drug-likeness (QED) is 0.910. The molecule has 0 unspecified atom stereocenters. The van der Waals surface area contributed by atoms with Crippen LogP contribution in [0, 0.1) is 0 Å². The Kier molecular flexibility index (Phi) is 4.33. The zero-order valence-electron chi connectivity index (χ0n) is 11.6. The van der Waals surface area contributed by atoms with E-state index in [2.05, 4.69) is 23.5 Å². The molecule has 2 aliphatic rings. The van der Waals surface area contributed by atoms with Crippen LogP contribution in [0.5, 0.6) is 0 Å². The van der Waals surface area contributed by atoms with Crippen molar-refractivity contribution in [3.05, 3.63) is 29.8 Å². The predicted molar refractivity (Wildman–Crippen MR) is 84.1 cm³/mol. The minimum Gasteiger partial charge on any atom is -0.384 e. The molecule has 0 atom stereocenters. The zero-order valence-corrected chi connectivity index (χ0v) is 13.3. The van der Waals surface area contributed by atoms with Crippen LogP contribution in [0.4, 0.5) is 5.69 Å². The van der Waals surface area contributed by atoms with E-state index in [1.54, 1.807) is 11.2 Å². The molecule has 0 bridgehead atoms. The molecule has 1 spiro atoms. The molecule has 4 nitrogen and oxygen atoms in total. The van der Waals surface area contributed by atoms with Gasteiger partial charge in [0.05, 0.1) is 5.75 Å². The van der Waals surface area contributed by atoms with Gasteiger partial charge in [-0.3, -0.25) is 0 Å². The Morgan fingerprint density at radius 2 is 1.90 bits per heavy atom. The molecule has 0 amide bonds. The normalized spacial score (nSPS) is 21.1. The van der Waals surface area contributed by atoms with E-state index >= 15 is 0 Å². The lowest BCUT2D eigenvalue weighted by molar-refractivity contribution is 0.249. The van der Waals surface area contributed by atoms with Crippen LogP contribution in [-0.2, 0) is 15.4 Å². The van der Waals surface area contributed by atoms with Crippen molar-refractivity contribution in [2.24, 2.45) is 0 Å². The summed E-state index contributed by atoms with van der Waals surface area (Å²) in [7, 11) is -3.03. The van der Waals surface area contributed by atoms with Crippen molar-refractivity contribution in [3.8, 4) is 0 Å². The highest BCUT2D eigenvalue weighted by molar-refractivity contribution is 7.89. The summed E-state index contributed by atoms with van der Waals surface area (Å²) in [6, 6.07) is 8.41. The fraction of sp³-hybridized carbons (Fsp3) is 0.571. The van der Waals surface area contributed by atoms with Gasteiger partial charge >= 0.3 is 0 Å². The molecule has 2 heterocycles. The molecule has 1 saturated heterocycles. The number of benzene rings is 1. The molecular weight excluding hydrogens is 296 g/mol. The lowest BCUT2D eigenvalue weighted by Gasteiger charge is -2.38. The second-order valence-corrected chi connectivity index (χ2v) is 7.74. The summed E-state index contributed by atoms with van der Waals surface area (Å²) in [4.78, 5) is 0. The molecule has 112 valence electrons. The number of anilines is 1. The molecular formula is C14H21ClN2O2S. The number of nitrogens with one attached hydrogen (secondary N) is 1. The van der Waals surface area contributed by atoms with E-state index in [4.69, 9.17) is 0 Å². The van der Waals surface area contributed by atoms with Crippen molar-refractivity contribution in [2.45, 2.75) is 25.2 Å². The number of halogens is 1. The van der Waals surface area contributed by atoms with Gasteiger partial charge in [-0.1, -0.05) is 18.2 Å². The highest BCUT2D eigenvalue weighted by Crippen LogP contribution is 2.44. The van der Waals surface area contributed by atoms with E-state index in [1.807, 2.05) is 6.07 Å². The van der Waals surface area contributed by atoms with E-state index in [-0.39, 0.29) is 23.6 Å². The summed E-state index contributed by atoms with van der Waals surface area (Å²) in [6.07, 6.45) is 1.83. The van der Waals surface area contributed by atoms with Gasteiger partial charge in [0.15, 0.2) is 0 Å². The third-order valence-electron chi connectivity index (χ3n) is 4.55. The molecule has 3 rings (SSSR count). The molecule has 20 heavy (non-hydrogen) atoms. The van der Waals surface area contributed by atoms with E-state index in [0.29, 0.717) is 13.1 Å². The lowest BCUT2D eigenvalue weighted by atomic mass is 9.75. The van der Waals surface area contributed by atoms with Crippen LogP contribution in [0.15, 0.2) is 24.3 Å². The van der Waals surface area contributed by atoms with Crippen molar-refractivity contribution in [3.63, 3.8) is 0 Å². The summed E-state index contributed by atoms with van der Waals surface area (Å²) in [5.74, 6) is 0.203. The third kappa shape index (κ3) is 2.43. The van der Waals surface area contributed by atoms with E-state index in [1.165, 1.54) is 11.3 Å². The van der Waals surface area contributed by atoms with Gasteiger partial charge in [-0.15, -0.1) is 12.4 Å². The van der Waals surface area contributed by atoms with Gasteiger partial charge in [0.25, 0.3) is 0 Å². The SMILES string of the molecule is CCS(=O)(=O)N1CCC2(CC1)CNc1ccccc12.Cl. The maximum Gasteiger partial charge on any atom is 0.213 e. The number of nitrogens with zero attached hydrogens (tertiary/aromatic N) is 1. The van der Waals surface area contributed by atoms with Crippen molar-refractivity contribution in [2.75, 3.05) is 30.7 Å². The fourth-order valence-electron chi connectivity index (χ4n) is 3.28. The standard InChI is InChI=1S/C14H20N2O2S.ClH/c1-2-19(17,18)16-9-7-14(8-10-16)11-15-13-6-4-3-5-12(13)14;/h3-6,15H,2,7-11H2,1H3;1H. The Hall–Kier alpha value is -0.780. The van der Waals surface area contributed by atoms with Crippen LogP contribution < -0.4 is 5.32 Å². The number of fused-ring (bicyclic) bond motifs is 2. The Morgan fingerprint density at radius 1 is 1.25 bits per heavy atom. The van der Waals surface area contributed by atoms with Crippen LogP contribution in [0.25, 0.3) is 0 Å². The first-order valence-electron chi connectivity index (χ1n) is 6.89. The van der Waals surface area contributed by atoms with Gasteiger partial charge < -0.3 is 5.32 Å². The van der Waals surface area contributed by atoms with Crippen molar-refractivity contribution >= 4 is 28.1 Å². The van der Waals surface area contributed by atoms with Crippen molar-refractivity contribution in [1.29, 1.82) is 0 Å². The Balaban J connectivity index is 0.00000147. The minimum absolute atomic E-state index is 0. The summed E-state index contributed by atoms with van der Waals surface area (Å²) in [5.41, 5.74) is 2.72. The summed E-state index contributed by atoms with van der Waals surface area (Å²) in [6.45, 7) is 3.94. The molecule has 0 aromatic heterocycles. The highest BCUT2D eigenvalue weighted by atomic mass is 35.5. The van der Waals surface area contributed by atoms with Gasteiger partial charge in [0.2, 0.25) is 10.0 Å². The fourth-order valence-corrected chi connectivity index (χ4v) is 4.38. The maximum atomic E-state index is 11.9. The number of hydrogen-bond donors (Lipinski definition) is 1. The monoisotopic (exact) mass is 316 g/mol. The van der Waals surface area contributed by atoms with Gasteiger partial charge in [0, 0.05) is 30.7 Å². The molecule has 1 aromatic carbocycles. The van der Waals surface area contributed by atoms with Gasteiger partial charge in [-0.25, -0.2) is 12.7 Å².